The van der Waals surface area contributed by atoms with E-state index in [0.29, 0.717) is 31.6 Å². The van der Waals surface area contributed by atoms with E-state index in [-0.39, 0.29) is 5.91 Å². The van der Waals surface area contributed by atoms with Gasteiger partial charge in [0.1, 0.15) is 5.69 Å². The number of hydrogen-bond donors (Lipinski definition) is 1. The zero-order chi connectivity index (χ0) is 15.5. The van der Waals surface area contributed by atoms with Crippen molar-refractivity contribution in [2.75, 3.05) is 13.1 Å². The maximum Gasteiger partial charge on any atom is 0.311 e. The van der Waals surface area contributed by atoms with Crippen molar-refractivity contribution in [1.82, 2.24) is 9.47 Å². The summed E-state index contributed by atoms with van der Waals surface area (Å²) in [4.78, 5) is 26.0. The molecule has 1 atom stereocenters. The van der Waals surface area contributed by atoms with Gasteiger partial charge in [0.2, 0.25) is 0 Å². The third kappa shape index (κ3) is 2.96. The fourth-order valence-corrected chi connectivity index (χ4v) is 3.13. The van der Waals surface area contributed by atoms with Crippen LogP contribution in [0.3, 0.4) is 0 Å². The molecule has 1 unspecified atom stereocenters. The first-order valence-electron chi connectivity index (χ1n) is 7.72. The van der Waals surface area contributed by atoms with Gasteiger partial charge in [0.15, 0.2) is 0 Å². The van der Waals surface area contributed by atoms with Gasteiger partial charge in [-0.05, 0) is 37.8 Å². The molecular weight excluding hydrogens is 268 g/mol. The molecule has 1 amide bonds. The van der Waals surface area contributed by atoms with Crippen LogP contribution < -0.4 is 0 Å². The van der Waals surface area contributed by atoms with Gasteiger partial charge < -0.3 is 14.6 Å². The van der Waals surface area contributed by atoms with E-state index in [4.69, 9.17) is 0 Å². The molecule has 0 aliphatic carbocycles. The number of aryl methyl sites for hydroxylation is 1. The van der Waals surface area contributed by atoms with Crippen LogP contribution in [0.1, 0.15) is 50.0 Å². The normalized spacial score (nSPS) is 22.3. The molecule has 2 heterocycles. The highest BCUT2D eigenvalue weighted by atomic mass is 16.4. The van der Waals surface area contributed by atoms with Crippen molar-refractivity contribution in [2.45, 2.75) is 46.1 Å². The number of nitrogens with zero attached hydrogens (tertiary/aromatic N) is 2. The lowest BCUT2D eigenvalue weighted by molar-refractivity contribution is -0.152. The molecule has 0 bridgehead atoms. The van der Waals surface area contributed by atoms with Gasteiger partial charge in [-0.25, -0.2) is 0 Å². The van der Waals surface area contributed by atoms with E-state index in [2.05, 4.69) is 6.92 Å². The van der Waals surface area contributed by atoms with Gasteiger partial charge >= 0.3 is 5.97 Å². The second-order valence-corrected chi connectivity index (χ2v) is 5.86. The first kappa shape index (κ1) is 15.6. The molecule has 1 aliphatic heterocycles. The van der Waals surface area contributed by atoms with Gasteiger partial charge in [0.25, 0.3) is 5.91 Å². The van der Waals surface area contributed by atoms with Crippen LogP contribution in [0.25, 0.3) is 0 Å². The van der Waals surface area contributed by atoms with E-state index in [0.717, 1.165) is 19.4 Å². The van der Waals surface area contributed by atoms with Crippen LogP contribution >= 0.6 is 0 Å². The summed E-state index contributed by atoms with van der Waals surface area (Å²) in [7, 11) is 0. The van der Waals surface area contributed by atoms with Gasteiger partial charge in [0.05, 0.1) is 5.41 Å². The number of rotatable bonds is 5. The Labute approximate surface area is 125 Å². The first-order valence-corrected chi connectivity index (χ1v) is 7.72. The highest BCUT2D eigenvalue weighted by Gasteiger charge is 2.42. The number of carbonyl (C=O) groups is 2. The smallest absolute Gasteiger partial charge is 0.311 e. The van der Waals surface area contributed by atoms with Crippen LogP contribution in [0.5, 0.6) is 0 Å². The largest absolute Gasteiger partial charge is 0.481 e. The monoisotopic (exact) mass is 292 g/mol. The molecule has 2 rings (SSSR count). The quantitative estimate of drug-likeness (QED) is 0.907. The van der Waals surface area contributed by atoms with Gasteiger partial charge in [-0.3, -0.25) is 9.59 Å². The number of piperidine rings is 1. The fraction of sp³-hybridized carbons (Fsp3) is 0.625. The Hall–Kier alpha value is -1.78. The molecule has 21 heavy (non-hydrogen) atoms. The molecule has 5 heteroatoms. The lowest BCUT2D eigenvalue weighted by Gasteiger charge is -2.39. The van der Waals surface area contributed by atoms with Crippen molar-refractivity contribution < 1.29 is 14.7 Å². The van der Waals surface area contributed by atoms with E-state index >= 15 is 0 Å². The van der Waals surface area contributed by atoms with Crippen LogP contribution in [0.2, 0.25) is 0 Å². The summed E-state index contributed by atoms with van der Waals surface area (Å²) >= 11 is 0. The summed E-state index contributed by atoms with van der Waals surface area (Å²) in [5, 5.41) is 9.51. The van der Waals surface area contributed by atoms with Crippen LogP contribution in [0, 0.1) is 5.41 Å². The predicted octanol–water partition coefficient (Wildman–Crippen LogP) is 2.62. The van der Waals surface area contributed by atoms with Gasteiger partial charge in [-0.15, -0.1) is 0 Å². The molecule has 1 N–H and O–H groups in total. The number of aliphatic carboxylic acids is 1. The third-order valence-corrected chi connectivity index (χ3v) is 4.51. The van der Waals surface area contributed by atoms with E-state index < -0.39 is 11.4 Å². The van der Waals surface area contributed by atoms with E-state index in [1.54, 1.807) is 4.90 Å². The minimum Gasteiger partial charge on any atom is -0.481 e. The summed E-state index contributed by atoms with van der Waals surface area (Å²) in [6, 6.07) is 3.69. The van der Waals surface area contributed by atoms with Crippen LogP contribution in [-0.2, 0) is 11.3 Å². The Morgan fingerprint density at radius 1 is 1.38 bits per heavy atom. The second kappa shape index (κ2) is 6.33. The third-order valence-electron chi connectivity index (χ3n) is 4.51. The standard InChI is InChI=1S/C16H24N2O3/c1-3-9-17-10-5-7-13(17)14(19)18-11-6-8-16(4-2,12-18)15(20)21/h5,7,10H,3-4,6,8-9,11-12H2,1-2H3,(H,20,21). The van der Waals surface area contributed by atoms with Gasteiger partial charge in [-0.2, -0.15) is 0 Å². The van der Waals surface area contributed by atoms with Crippen LogP contribution in [0.4, 0.5) is 0 Å². The average Bonchev–Trinajstić information content (AvgIpc) is 2.95. The molecular formula is C16H24N2O3. The van der Waals surface area contributed by atoms with E-state index in [1.807, 2.05) is 29.8 Å². The molecule has 0 aromatic carbocycles. The molecule has 1 saturated heterocycles. The molecule has 1 fully saturated rings. The molecule has 5 nitrogen and oxygen atoms in total. The SMILES string of the molecule is CCCn1cccc1C(=O)N1CCCC(CC)(C(=O)O)C1. The highest BCUT2D eigenvalue weighted by Crippen LogP contribution is 2.34. The molecule has 0 saturated carbocycles. The van der Waals surface area contributed by atoms with Gasteiger partial charge in [-0.1, -0.05) is 13.8 Å². The van der Waals surface area contributed by atoms with Gasteiger partial charge in [0, 0.05) is 25.8 Å². The number of carbonyl (C=O) groups excluding carboxylic acids is 1. The first-order chi connectivity index (χ1) is 10.0. The topological polar surface area (TPSA) is 62.5 Å². The van der Waals surface area contributed by atoms with Crippen molar-refractivity contribution >= 4 is 11.9 Å². The van der Waals surface area contributed by atoms with E-state index in [1.165, 1.54) is 0 Å². The fourth-order valence-electron chi connectivity index (χ4n) is 3.13. The Balaban J connectivity index is 2.19. The minimum atomic E-state index is -0.786. The zero-order valence-electron chi connectivity index (χ0n) is 12.8. The van der Waals surface area contributed by atoms with Crippen LogP contribution in [0.15, 0.2) is 18.3 Å². The molecule has 0 radical (unpaired) electrons. The van der Waals surface area contributed by atoms with Crippen molar-refractivity contribution in [3.05, 3.63) is 24.0 Å². The number of aromatic nitrogens is 1. The molecule has 0 spiro atoms. The van der Waals surface area contributed by atoms with Crippen LogP contribution in [-0.4, -0.2) is 39.5 Å². The summed E-state index contributed by atoms with van der Waals surface area (Å²) in [6.07, 6.45) is 4.83. The Morgan fingerprint density at radius 2 is 2.14 bits per heavy atom. The highest BCUT2D eigenvalue weighted by molar-refractivity contribution is 5.93. The number of carboxylic acid groups (broad SMARTS) is 1. The number of amides is 1. The number of likely N-dealkylation sites (tertiary alicyclic amines) is 1. The number of carboxylic acids is 1. The maximum atomic E-state index is 12.7. The molecule has 1 aromatic heterocycles. The zero-order valence-corrected chi connectivity index (χ0v) is 12.8. The Bertz CT molecular complexity index is 523. The van der Waals surface area contributed by atoms with Crippen molar-refractivity contribution in [2.24, 2.45) is 5.41 Å². The Morgan fingerprint density at radius 3 is 2.76 bits per heavy atom. The maximum absolute atomic E-state index is 12.7. The average molecular weight is 292 g/mol. The summed E-state index contributed by atoms with van der Waals surface area (Å²) < 4.78 is 1.95. The summed E-state index contributed by atoms with van der Waals surface area (Å²) in [5.74, 6) is -0.835. The predicted molar refractivity (Wildman–Crippen MR) is 80.2 cm³/mol. The van der Waals surface area contributed by atoms with Crippen molar-refractivity contribution in [3.8, 4) is 0 Å². The molecule has 1 aliphatic rings. The van der Waals surface area contributed by atoms with Crippen molar-refractivity contribution in [1.29, 1.82) is 0 Å². The van der Waals surface area contributed by atoms with E-state index in [9.17, 15) is 14.7 Å². The summed E-state index contributed by atoms with van der Waals surface area (Å²) in [6.45, 7) is 5.73. The second-order valence-electron chi connectivity index (χ2n) is 5.86. The summed E-state index contributed by atoms with van der Waals surface area (Å²) in [5.41, 5.74) is -0.120. The molecule has 1 aromatic rings. The lowest BCUT2D eigenvalue weighted by atomic mass is 9.77. The lowest BCUT2D eigenvalue weighted by Crippen LogP contribution is -2.50. The number of hydrogen-bond acceptors (Lipinski definition) is 2. The minimum absolute atomic E-state index is 0.0489. The molecule has 116 valence electrons. The van der Waals surface area contributed by atoms with Crippen molar-refractivity contribution in [3.63, 3.8) is 0 Å². The Kier molecular flexibility index (Phi) is 4.70.